The molecule has 0 aromatic rings. The van der Waals surface area contributed by atoms with Gasteiger partial charge < -0.3 is 4.74 Å². The van der Waals surface area contributed by atoms with E-state index in [1.165, 1.54) is 0 Å². The molecule has 0 saturated heterocycles. The van der Waals surface area contributed by atoms with E-state index in [0.29, 0.717) is 6.61 Å². The molecule has 0 heterocycles. The summed E-state index contributed by atoms with van der Waals surface area (Å²) >= 11 is 0. The van der Waals surface area contributed by atoms with Crippen molar-refractivity contribution in [2.75, 3.05) is 12.4 Å². The average Bonchev–Trinajstić information content (AvgIpc) is 2.09. The molecular weight excluding hydrogens is 226 g/mol. The van der Waals surface area contributed by atoms with Crippen LogP contribution < -0.4 is 5.14 Å². The van der Waals surface area contributed by atoms with E-state index in [0.717, 1.165) is 12.8 Å². The summed E-state index contributed by atoms with van der Waals surface area (Å²) in [6.45, 7) is 10.3. The number of ether oxygens (including phenoxy) is 1. The van der Waals surface area contributed by atoms with E-state index >= 15 is 0 Å². The topological polar surface area (TPSA) is 69.4 Å². The van der Waals surface area contributed by atoms with E-state index in [1.54, 1.807) is 0 Å². The van der Waals surface area contributed by atoms with E-state index in [2.05, 4.69) is 0 Å². The Kier molecular flexibility index (Phi) is 5.42. The van der Waals surface area contributed by atoms with Crippen molar-refractivity contribution < 1.29 is 13.2 Å². The summed E-state index contributed by atoms with van der Waals surface area (Å²) in [5.41, 5.74) is -0.616. The van der Waals surface area contributed by atoms with Gasteiger partial charge in [-0.2, -0.15) is 0 Å². The number of hydrogen-bond acceptors (Lipinski definition) is 3. The molecule has 0 aromatic heterocycles. The van der Waals surface area contributed by atoms with Crippen LogP contribution in [0.1, 0.15) is 47.5 Å². The SMILES string of the molecule is CCC(CC)(COC(C)(C)C)CS(N)(=O)=O. The van der Waals surface area contributed by atoms with Crippen LogP contribution in [0.5, 0.6) is 0 Å². The molecule has 0 bridgehead atoms. The molecule has 5 heteroatoms. The zero-order valence-corrected chi connectivity index (χ0v) is 11.9. The molecule has 2 N–H and O–H groups in total. The quantitative estimate of drug-likeness (QED) is 0.783. The second kappa shape index (κ2) is 5.47. The molecule has 0 amide bonds. The summed E-state index contributed by atoms with van der Waals surface area (Å²) < 4.78 is 28.1. The van der Waals surface area contributed by atoms with Gasteiger partial charge in [0.05, 0.1) is 18.0 Å². The third-order valence-electron chi connectivity index (χ3n) is 2.82. The van der Waals surface area contributed by atoms with E-state index in [1.807, 2.05) is 34.6 Å². The summed E-state index contributed by atoms with van der Waals surface area (Å²) in [6.07, 6.45) is 1.49. The lowest BCUT2D eigenvalue weighted by Gasteiger charge is -2.33. The molecule has 0 unspecified atom stereocenters. The van der Waals surface area contributed by atoms with E-state index in [4.69, 9.17) is 9.88 Å². The zero-order valence-electron chi connectivity index (χ0n) is 11.0. The molecule has 16 heavy (non-hydrogen) atoms. The Hall–Kier alpha value is -0.130. The van der Waals surface area contributed by atoms with Crippen molar-refractivity contribution in [1.29, 1.82) is 0 Å². The molecule has 0 aliphatic heterocycles. The standard InChI is InChI=1S/C11H25NO3S/c1-6-11(7-2,9-16(12,13)14)8-15-10(3,4)5/h6-9H2,1-5H3,(H2,12,13,14). The molecule has 4 nitrogen and oxygen atoms in total. The molecule has 98 valence electrons. The summed E-state index contributed by atoms with van der Waals surface area (Å²) in [4.78, 5) is 0. The fraction of sp³-hybridized carbons (Fsp3) is 1.00. The van der Waals surface area contributed by atoms with Crippen molar-refractivity contribution in [3.8, 4) is 0 Å². The van der Waals surface area contributed by atoms with Crippen LogP contribution in [0.3, 0.4) is 0 Å². The van der Waals surface area contributed by atoms with E-state index in [9.17, 15) is 8.42 Å². The maximum absolute atomic E-state index is 11.2. The summed E-state index contributed by atoms with van der Waals surface area (Å²) in [5, 5.41) is 5.13. The third kappa shape index (κ3) is 6.45. The maximum atomic E-state index is 11.2. The van der Waals surface area contributed by atoms with Crippen LogP contribution in [0.4, 0.5) is 0 Å². The van der Waals surface area contributed by atoms with Gasteiger partial charge >= 0.3 is 0 Å². The first-order chi connectivity index (χ1) is 7.04. The molecule has 0 spiro atoms. The normalized spacial score (nSPS) is 14.1. The second-order valence-electron chi connectivity index (χ2n) is 5.42. The van der Waals surface area contributed by atoms with Gasteiger partial charge in [-0.05, 0) is 33.6 Å². The Morgan fingerprint density at radius 3 is 1.81 bits per heavy atom. The van der Waals surface area contributed by atoms with Crippen molar-refractivity contribution >= 4 is 10.0 Å². The lowest BCUT2D eigenvalue weighted by molar-refractivity contribution is -0.0487. The van der Waals surface area contributed by atoms with Crippen LogP contribution >= 0.6 is 0 Å². The van der Waals surface area contributed by atoms with Crippen molar-refractivity contribution in [3.05, 3.63) is 0 Å². The van der Waals surface area contributed by atoms with Gasteiger partial charge in [0, 0.05) is 5.41 Å². The Labute approximate surface area is 99.6 Å². The number of hydrogen-bond donors (Lipinski definition) is 1. The maximum Gasteiger partial charge on any atom is 0.209 e. The van der Waals surface area contributed by atoms with Gasteiger partial charge in [0.25, 0.3) is 0 Å². The Morgan fingerprint density at radius 1 is 1.12 bits per heavy atom. The molecule has 0 aliphatic rings. The highest BCUT2D eigenvalue weighted by molar-refractivity contribution is 7.89. The van der Waals surface area contributed by atoms with Crippen molar-refractivity contribution in [2.24, 2.45) is 10.6 Å². The number of nitrogens with two attached hydrogens (primary N) is 1. The molecule has 0 atom stereocenters. The van der Waals surface area contributed by atoms with Crippen molar-refractivity contribution in [2.45, 2.75) is 53.1 Å². The predicted octanol–water partition coefficient (Wildman–Crippen LogP) is 1.90. The third-order valence-corrected chi connectivity index (χ3v) is 3.83. The minimum atomic E-state index is -3.45. The largest absolute Gasteiger partial charge is 0.375 e. The van der Waals surface area contributed by atoms with Crippen molar-refractivity contribution in [1.82, 2.24) is 0 Å². The molecule has 0 saturated carbocycles. The van der Waals surface area contributed by atoms with Gasteiger partial charge in [0.15, 0.2) is 0 Å². The van der Waals surface area contributed by atoms with Crippen molar-refractivity contribution in [3.63, 3.8) is 0 Å². The first kappa shape index (κ1) is 15.9. The fourth-order valence-electron chi connectivity index (χ4n) is 1.50. The molecule has 0 rings (SSSR count). The predicted molar refractivity (Wildman–Crippen MR) is 66.7 cm³/mol. The van der Waals surface area contributed by atoms with Gasteiger partial charge in [-0.25, -0.2) is 13.6 Å². The van der Waals surface area contributed by atoms with Crippen LogP contribution in [0, 0.1) is 5.41 Å². The second-order valence-corrected chi connectivity index (χ2v) is 7.03. The molecule has 0 radical (unpaired) electrons. The van der Waals surface area contributed by atoms with Gasteiger partial charge in [-0.3, -0.25) is 0 Å². The zero-order chi connectivity index (χ0) is 13.0. The number of primary sulfonamides is 1. The van der Waals surface area contributed by atoms with Gasteiger partial charge in [-0.1, -0.05) is 13.8 Å². The van der Waals surface area contributed by atoms with Crippen LogP contribution in [-0.2, 0) is 14.8 Å². The Morgan fingerprint density at radius 2 is 1.56 bits per heavy atom. The highest BCUT2D eigenvalue weighted by Gasteiger charge is 2.32. The van der Waals surface area contributed by atoms with Crippen LogP contribution in [0.15, 0.2) is 0 Å². The summed E-state index contributed by atoms with van der Waals surface area (Å²) in [6, 6.07) is 0. The average molecular weight is 251 g/mol. The van der Waals surface area contributed by atoms with Gasteiger partial charge in [0.2, 0.25) is 10.0 Å². The van der Waals surface area contributed by atoms with E-state index in [-0.39, 0.29) is 16.8 Å². The smallest absolute Gasteiger partial charge is 0.209 e. The number of sulfonamides is 1. The fourth-order valence-corrected chi connectivity index (χ4v) is 2.84. The van der Waals surface area contributed by atoms with Crippen LogP contribution in [-0.4, -0.2) is 26.4 Å². The van der Waals surface area contributed by atoms with E-state index < -0.39 is 10.0 Å². The number of rotatable bonds is 6. The van der Waals surface area contributed by atoms with Gasteiger partial charge in [0.1, 0.15) is 0 Å². The Balaban J connectivity index is 4.70. The van der Waals surface area contributed by atoms with Gasteiger partial charge in [-0.15, -0.1) is 0 Å². The molecular formula is C11H25NO3S. The highest BCUT2D eigenvalue weighted by atomic mass is 32.2. The molecule has 0 fully saturated rings. The first-order valence-electron chi connectivity index (χ1n) is 5.68. The summed E-state index contributed by atoms with van der Waals surface area (Å²) in [7, 11) is -3.45. The molecule has 0 aromatic carbocycles. The Bertz CT molecular complexity index is 300. The molecule has 0 aliphatic carbocycles. The van der Waals surface area contributed by atoms with Crippen LogP contribution in [0.25, 0.3) is 0 Å². The lowest BCUT2D eigenvalue weighted by atomic mass is 9.85. The summed E-state index contributed by atoms with van der Waals surface area (Å²) in [5.74, 6) is -0.0108. The minimum absolute atomic E-state index is 0.0108. The minimum Gasteiger partial charge on any atom is -0.375 e. The monoisotopic (exact) mass is 251 g/mol. The highest BCUT2D eigenvalue weighted by Crippen LogP contribution is 2.29. The van der Waals surface area contributed by atoms with Crippen LogP contribution in [0.2, 0.25) is 0 Å². The lowest BCUT2D eigenvalue weighted by Crippen LogP contribution is -2.39. The first-order valence-corrected chi connectivity index (χ1v) is 7.39.